The summed E-state index contributed by atoms with van der Waals surface area (Å²) in [6.07, 6.45) is 0. The molecule has 1 atom stereocenters. The Morgan fingerprint density at radius 2 is 1.74 bits per heavy atom. The van der Waals surface area contributed by atoms with Gasteiger partial charge in [0, 0.05) is 15.1 Å². The monoisotopic (exact) mass is 395 g/mol. The van der Waals surface area contributed by atoms with E-state index in [1.54, 1.807) is 55.5 Å². The minimum Gasteiger partial charge on any atom is -0.459 e. The van der Waals surface area contributed by atoms with Crippen molar-refractivity contribution in [3.8, 4) is 0 Å². The number of hydrogen-bond acceptors (Lipinski definition) is 3. The first-order valence-electron chi connectivity index (χ1n) is 6.93. The molecular formula is C17H15BrClNO3. The average molecular weight is 397 g/mol. The number of benzene rings is 2. The van der Waals surface area contributed by atoms with Crippen LogP contribution < -0.4 is 5.32 Å². The van der Waals surface area contributed by atoms with Crippen molar-refractivity contribution in [2.45, 2.75) is 19.6 Å². The number of rotatable bonds is 5. The highest BCUT2D eigenvalue weighted by atomic mass is 79.9. The Labute approximate surface area is 147 Å². The Morgan fingerprint density at radius 3 is 2.35 bits per heavy atom. The molecule has 23 heavy (non-hydrogen) atoms. The van der Waals surface area contributed by atoms with Crippen molar-refractivity contribution in [2.24, 2.45) is 0 Å². The SMILES string of the molecule is C[C@H](NC(=O)c1ccc(Br)cc1)C(=O)OCc1ccc(Cl)cc1. The van der Waals surface area contributed by atoms with Crippen LogP contribution in [-0.4, -0.2) is 17.9 Å². The number of hydrogen-bond donors (Lipinski definition) is 1. The van der Waals surface area contributed by atoms with Gasteiger partial charge in [-0.05, 0) is 48.9 Å². The lowest BCUT2D eigenvalue weighted by molar-refractivity contribution is -0.146. The number of halogens is 2. The van der Waals surface area contributed by atoms with Crippen molar-refractivity contribution in [2.75, 3.05) is 0 Å². The van der Waals surface area contributed by atoms with Crippen molar-refractivity contribution in [1.82, 2.24) is 5.32 Å². The molecular weight excluding hydrogens is 382 g/mol. The smallest absolute Gasteiger partial charge is 0.328 e. The summed E-state index contributed by atoms with van der Waals surface area (Å²) in [4.78, 5) is 24.0. The normalized spacial score (nSPS) is 11.6. The van der Waals surface area contributed by atoms with E-state index in [1.807, 2.05) is 0 Å². The van der Waals surface area contributed by atoms with E-state index in [0.29, 0.717) is 10.6 Å². The maximum Gasteiger partial charge on any atom is 0.328 e. The van der Waals surface area contributed by atoms with Crippen molar-refractivity contribution < 1.29 is 14.3 Å². The summed E-state index contributed by atoms with van der Waals surface area (Å²) in [5, 5.41) is 3.23. The molecule has 0 spiro atoms. The van der Waals surface area contributed by atoms with Crippen molar-refractivity contribution in [3.05, 3.63) is 69.2 Å². The van der Waals surface area contributed by atoms with Gasteiger partial charge in [-0.25, -0.2) is 4.79 Å². The van der Waals surface area contributed by atoms with Gasteiger partial charge in [0.1, 0.15) is 12.6 Å². The van der Waals surface area contributed by atoms with Crippen molar-refractivity contribution in [3.63, 3.8) is 0 Å². The highest BCUT2D eigenvalue weighted by Gasteiger charge is 2.18. The summed E-state index contributed by atoms with van der Waals surface area (Å²) in [5.74, 6) is -0.821. The number of ether oxygens (including phenoxy) is 1. The molecule has 0 bridgehead atoms. The first kappa shape index (κ1) is 17.5. The maximum atomic E-state index is 12.0. The summed E-state index contributed by atoms with van der Waals surface area (Å²) in [5.41, 5.74) is 1.31. The van der Waals surface area contributed by atoms with E-state index in [4.69, 9.17) is 16.3 Å². The van der Waals surface area contributed by atoms with E-state index < -0.39 is 12.0 Å². The van der Waals surface area contributed by atoms with E-state index in [0.717, 1.165) is 10.0 Å². The lowest BCUT2D eigenvalue weighted by Gasteiger charge is -2.13. The molecule has 1 amide bonds. The fourth-order valence-corrected chi connectivity index (χ4v) is 2.19. The predicted molar refractivity (Wildman–Crippen MR) is 92.3 cm³/mol. The molecule has 0 aliphatic rings. The van der Waals surface area contributed by atoms with Gasteiger partial charge in [-0.2, -0.15) is 0 Å². The lowest BCUT2D eigenvalue weighted by Crippen LogP contribution is -2.39. The zero-order chi connectivity index (χ0) is 16.8. The van der Waals surface area contributed by atoms with Crippen molar-refractivity contribution >= 4 is 39.4 Å². The van der Waals surface area contributed by atoms with Crippen LogP contribution >= 0.6 is 27.5 Å². The highest BCUT2D eigenvalue weighted by molar-refractivity contribution is 9.10. The molecule has 0 aliphatic carbocycles. The van der Waals surface area contributed by atoms with E-state index in [9.17, 15) is 9.59 Å². The standard InChI is InChI=1S/C17H15BrClNO3/c1-11(20-16(21)13-4-6-14(18)7-5-13)17(22)23-10-12-2-8-15(19)9-3-12/h2-9,11H,10H2,1H3,(H,20,21)/t11-/m0/s1. The molecule has 0 radical (unpaired) electrons. The lowest BCUT2D eigenvalue weighted by atomic mass is 10.2. The largest absolute Gasteiger partial charge is 0.459 e. The molecule has 4 nitrogen and oxygen atoms in total. The van der Waals surface area contributed by atoms with E-state index in [2.05, 4.69) is 21.2 Å². The van der Waals surface area contributed by atoms with Gasteiger partial charge in [0.2, 0.25) is 0 Å². The van der Waals surface area contributed by atoms with Crippen LogP contribution in [0.5, 0.6) is 0 Å². The summed E-state index contributed by atoms with van der Waals surface area (Å²) < 4.78 is 6.06. The quantitative estimate of drug-likeness (QED) is 0.778. The Hall–Kier alpha value is -1.85. The first-order valence-corrected chi connectivity index (χ1v) is 8.10. The Morgan fingerprint density at radius 1 is 1.13 bits per heavy atom. The third kappa shape index (κ3) is 5.37. The number of esters is 1. The van der Waals surface area contributed by atoms with Crippen LogP contribution in [0.2, 0.25) is 5.02 Å². The Bertz CT molecular complexity index is 686. The van der Waals surface area contributed by atoms with Crippen LogP contribution in [0.15, 0.2) is 53.0 Å². The molecule has 2 aromatic rings. The molecule has 2 rings (SSSR count). The van der Waals surface area contributed by atoms with Gasteiger partial charge in [-0.1, -0.05) is 39.7 Å². The van der Waals surface area contributed by atoms with Gasteiger partial charge in [-0.15, -0.1) is 0 Å². The highest BCUT2D eigenvalue weighted by Crippen LogP contribution is 2.12. The zero-order valence-electron chi connectivity index (χ0n) is 12.4. The van der Waals surface area contributed by atoms with E-state index in [1.165, 1.54) is 0 Å². The first-order chi connectivity index (χ1) is 11.0. The Balaban J connectivity index is 1.85. The number of nitrogens with one attached hydrogen (secondary N) is 1. The predicted octanol–water partition coefficient (Wildman–Crippen LogP) is 3.96. The molecule has 1 N–H and O–H groups in total. The van der Waals surface area contributed by atoms with Crippen molar-refractivity contribution in [1.29, 1.82) is 0 Å². The number of carbonyl (C=O) groups is 2. The fourth-order valence-electron chi connectivity index (χ4n) is 1.80. The van der Waals surface area contributed by atoms with Gasteiger partial charge < -0.3 is 10.1 Å². The summed E-state index contributed by atoms with van der Waals surface area (Å²) in [6.45, 7) is 1.72. The minimum atomic E-state index is -0.738. The topological polar surface area (TPSA) is 55.4 Å². The molecule has 0 heterocycles. The van der Waals surface area contributed by atoms with Gasteiger partial charge in [0.15, 0.2) is 0 Å². The fraction of sp³-hybridized carbons (Fsp3) is 0.176. The molecule has 0 aliphatic heterocycles. The Kier molecular flexibility index (Phi) is 6.19. The molecule has 0 aromatic heterocycles. The van der Waals surface area contributed by atoms with Crippen LogP contribution in [-0.2, 0) is 16.1 Å². The van der Waals surface area contributed by atoms with Gasteiger partial charge in [0.05, 0.1) is 0 Å². The zero-order valence-corrected chi connectivity index (χ0v) is 14.7. The van der Waals surface area contributed by atoms with Gasteiger partial charge in [-0.3, -0.25) is 4.79 Å². The maximum absolute atomic E-state index is 12.0. The van der Waals surface area contributed by atoms with Crippen LogP contribution in [0.3, 0.4) is 0 Å². The molecule has 120 valence electrons. The molecule has 0 saturated heterocycles. The summed E-state index contributed by atoms with van der Waals surface area (Å²) in [7, 11) is 0. The van der Waals surface area contributed by atoms with Gasteiger partial charge in [0.25, 0.3) is 5.91 Å². The van der Waals surface area contributed by atoms with Crippen LogP contribution in [0.25, 0.3) is 0 Å². The van der Waals surface area contributed by atoms with Crippen LogP contribution in [0.4, 0.5) is 0 Å². The molecule has 0 unspecified atom stereocenters. The summed E-state index contributed by atoms with van der Waals surface area (Å²) >= 11 is 9.09. The van der Waals surface area contributed by atoms with E-state index in [-0.39, 0.29) is 12.5 Å². The average Bonchev–Trinajstić information content (AvgIpc) is 2.54. The van der Waals surface area contributed by atoms with Gasteiger partial charge >= 0.3 is 5.97 Å². The third-order valence-corrected chi connectivity index (χ3v) is 3.88. The van der Waals surface area contributed by atoms with Crippen LogP contribution in [0, 0.1) is 0 Å². The second-order valence-electron chi connectivity index (χ2n) is 4.94. The summed E-state index contributed by atoms with van der Waals surface area (Å²) in [6, 6.07) is 13.1. The minimum absolute atomic E-state index is 0.133. The van der Waals surface area contributed by atoms with Crippen LogP contribution in [0.1, 0.15) is 22.8 Å². The number of amides is 1. The van der Waals surface area contributed by atoms with E-state index >= 15 is 0 Å². The second kappa shape index (κ2) is 8.13. The number of carbonyl (C=O) groups excluding carboxylic acids is 2. The molecule has 2 aromatic carbocycles. The molecule has 0 fully saturated rings. The second-order valence-corrected chi connectivity index (χ2v) is 6.29. The molecule has 6 heteroatoms. The third-order valence-electron chi connectivity index (χ3n) is 3.10. The molecule has 0 saturated carbocycles.